The Labute approximate surface area is 174 Å². The van der Waals surface area contributed by atoms with Crippen molar-refractivity contribution in [3.8, 4) is 22.9 Å². The Balaban J connectivity index is 1.75. The van der Waals surface area contributed by atoms with E-state index in [2.05, 4.69) is 31.1 Å². The van der Waals surface area contributed by atoms with Crippen LogP contribution in [0, 0.1) is 0 Å². The summed E-state index contributed by atoms with van der Waals surface area (Å²) in [5.41, 5.74) is 1.24. The third kappa shape index (κ3) is 3.47. The van der Waals surface area contributed by atoms with Gasteiger partial charge in [0, 0.05) is 0 Å². The lowest BCUT2D eigenvalue weighted by Gasteiger charge is -2.12. The standard InChI is InChI=1S/C17H14Cl2N8O2/c1-28-13-6-4-3-5-11(13)26-14(20-22-24-26)9-15-21-23-25-27(15)12-8-7-10(18)16(19)17(12)29-2/h3-8H,9H2,1-2H3. The summed E-state index contributed by atoms with van der Waals surface area (Å²) in [5, 5.41) is 24.5. The first kappa shape index (κ1) is 19.1. The number of hydrogen-bond acceptors (Lipinski definition) is 8. The Kier molecular flexibility index (Phi) is 5.28. The second-order valence-corrected chi connectivity index (χ2v) is 6.56. The molecule has 0 saturated heterocycles. The molecule has 0 amide bonds. The van der Waals surface area contributed by atoms with E-state index in [-0.39, 0.29) is 11.4 Å². The van der Waals surface area contributed by atoms with Gasteiger partial charge in [-0.3, -0.25) is 0 Å². The summed E-state index contributed by atoms with van der Waals surface area (Å²) in [6, 6.07) is 10.8. The van der Waals surface area contributed by atoms with Crippen LogP contribution < -0.4 is 9.47 Å². The van der Waals surface area contributed by atoms with E-state index < -0.39 is 0 Å². The maximum absolute atomic E-state index is 6.26. The van der Waals surface area contributed by atoms with Crippen LogP contribution in [0.25, 0.3) is 11.4 Å². The molecule has 0 atom stereocenters. The maximum atomic E-state index is 6.26. The Morgan fingerprint density at radius 1 is 0.828 bits per heavy atom. The molecule has 0 aliphatic rings. The molecule has 0 spiro atoms. The molecule has 2 aromatic carbocycles. The number of halogens is 2. The van der Waals surface area contributed by atoms with Crippen LogP contribution in [-0.2, 0) is 6.42 Å². The van der Waals surface area contributed by atoms with Gasteiger partial charge < -0.3 is 9.47 Å². The van der Waals surface area contributed by atoms with E-state index in [0.717, 1.165) is 0 Å². The van der Waals surface area contributed by atoms with Crippen LogP contribution >= 0.6 is 23.2 Å². The van der Waals surface area contributed by atoms with Crippen molar-refractivity contribution in [3.63, 3.8) is 0 Å². The number of hydrogen-bond donors (Lipinski definition) is 0. The Morgan fingerprint density at radius 2 is 1.48 bits per heavy atom. The fourth-order valence-electron chi connectivity index (χ4n) is 2.84. The van der Waals surface area contributed by atoms with Gasteiger partial charge in [-0.05, 0) is 45.1 Å². The lowest BCUT2D eigenvalue weighted by atomic mass is 10.2. The molecule has 148 valence electrons. The van der Waals surface area contributed by atoms with E-state index in [1.165, 1.54) is 11.8 Å². The average Bonchev–Trinajstić information content (AvgIpc) is 3.39. The minimum absolute atomic E-state index is 0.238. The van der Waals surface area contributed by atoms with Gasteiger partial charge >= 0.3 is 0 Å². The normalized spacial score (nSPS) is 10.9. The highest BCUT2D eigenvalue weighted by Gasteiger charge is 2.20. The zero-order valence-electron chi connectivity index (χ0n) is 15.3. The van der Waals surface area contributed by atoms with Crippen molar-refractivity contribution < 1.29 is 9.47 Å². The van der Waals surface area contributed by atoms with Crippen molar-refractivity contribution in [2.75, 3.05) is 14.2 Å². The Bertz CT molecular complexity index is 1160. The van der Waals surface area contributed by atoms with Crippen LogP contribution in [0.5, 0.6) is 11.5 Å². The van der Waals surface area contributed by atoms with E-state index in [1.807, 2.05) is 24.3 Å². The van der Waals surface area contributed by atoms with Gasteiger partial charge in [0.2, 0.25) is 0 Å². The smallest absolute Gasteiger partial charge is 0.164 e. The number of ether oxygens (including phenoxy) is 2. The van der Waals surface area contributed by atoms with E-state index in [4.69, 9.17) is 32.7 Å². The molecule has 0 radical (unpaired) electrons. The average molecular weight is 433 g/mol. The molecule has 0 N–H and O–H groups in total. The third-order valence-electron chi connectivity index (χ3n) is 4.16. The van der Waals surface area contributed by atoms with Crippen molar-refractivity contribution in [1.82, 2.24) is 40.4 Å². The molecule has 0 aliphatic heterocycles. The van der Waals surface area contributed by atoms with E-state index in [1.54, 1.807) is 23.9 Å². The van der Waals surface area contributed by atoms with Gasteiger partial charge in [-0.1, -0.05) is 35.3 Å². The first-order valence-corrected chi connectivity index (χ1v) is 9.10. The zero-order valence-corrected chi connectivity index (χ0v) is 16.8. The number of benzene rings is 2. The maximum Gasteiger partial charge on any atom is 0.164 e. The highest BCUT2D eigenvalue weighted by molar-refractivity contribution is 6.43. The number of para-hydroxylation sites is 2. The molecule has 0 unspecified atom stereocenters. The van der Waals surface area contributed by atoms with Gasteiger partial charge in [-0.2, -0.15) is 9.36 Å². The fraction of sp³-hybridized carbons (Fsp3) is 0.176. The fourth-order valence-corrected chi connectivity index (χ4v) is 3.22. The third-order valence-corrected chi connectivity index (χ3v) is 4.95. The van der Waals surface area contributed by atoms with Crippen molar-refractivity contribution >= 4 is 23.2 Å². The summed E-state index contributed by atoms with van der Waals surface area (Å²) in [6.45, 7) is 0. The van der Waals surface area contributed by atoms with Crippen molar-refractivity contribution in [2.45, 2.75) is 6.42 Å². The second kappa shape index (κ2) is 8.02. The lowest BCUT2D eigenvalue weighted by Crippen LogP contribution is -2.10. The second-order valence-electron chi connectivity index (χ2n) is 5.78. The van der Waals surface area contributed by atoms with Gasteiger partial charge in [-0.15, -0.1) is 10.2 Å². The monoisotopic (exact) mass is 432 g/mol. The molecule has 4 rings (SSSR count). The topological polar surface area (TPSA) is 106 Å². The van der Waals surface area contributed by atoms with Gasteiger partial charge in [0.05, 0.1) is 25.7 Å². The number of nitrogens with zero attached hydrogens (tertiary/aromatic N) is 8. The van der Waals surface area contributed by atoms with Crippen molar-refractivity contribution in [1.29, 1.82) is 0 Å². The molecule has 0 bridgehead atoms. The summed E-state index contributed by atoms with van der Waals surface area (Å²) in [7, 11) is 3.08. The minimum Gasteiger partial charge on any atom is -0.494 e. The number of methoxy groups -OCH3 is 2. The molecule has 0 fully saturated rings. The van der Waals surface area contributed by atoms with Gasteiger partial charge in [-0.25, -0.2) is 0 Å². The molecule has 0 aliphatic carbocycles. The molecule has 4 aromatic rings. The van der Waals surface area contributed by atoms with E-state index >= 15 is 0 Å². The highest BCUT2D eigenvalue weighted by atomic mass is 35.5. The molecule has 12 heteroatoms. The van der Waals surface area contributed by atoms with Crippen LogP contribution in [0.2, 0.25) is 10.0 Å². The quantitative estimate of drug-likeness (QED) is 0.457. The Hall–Kier alpha value is -3.24. The largest absolute Gasteiger partial charge is 0.494 e. The Morgan fingerprint density at radius 3 is 2.14 bits per heavy atom. The van der Waals surface area contributed by atoms with Crippen LogP contribution in [0.3, 0.4) is 0 Å². The molecule has 10 nitrogen and oxygen atoms in total. The van der Waals surface area contributed by atoms with Gasteiger partial charge in [0.15, 0.2) is 17.4 Å². The summed E-state index contributed by atoms with van der Waals surface area (Å²) in [5.74, 6) is 1.99. The molecule has 2 aromatic heterocycles. The molecule has 29 heavy (non-hydrogen) atoms. The van der Waals surface area contributed by atoms with Crippen LogP contribution in [0.15, 0.2) is 36.4 Å². The number of rotatable bonds is 6. The lowest BCUT2D eigenvalue weighted by molar-refractivity contribution is 0.410. The van der Waals surface area contributed by atoms with Gasteiger partial charge in [0.25, 0.3) is 0 Å². The SMILES string of the molecule is COc1ccccc1-n1nnnc1Cc1nnnn1-c1ccc(Cl)c(Cl)c1OC. The summed E-state index contributed by atoms with van der Waals surface area (Å²) in [4.78, 5) is 0. The molecule has 2 heterocycles. The number of tetrazole rings is 2. The zero-order chi connectivity index (χ0) is 20.4. The van der Waals surface area contributed by atoms with Crippen LogP contribution in [0.4, 0.5) is 0 Å². The number of aromatic nitrogens is 8. The highest BCUT2D eigenvalue weighted by Crippen LogP contribution is 2.37. The van der Waals surface area contributed by atoms with E-state index in [0.29, 0.717) is 39.5 Å². The van der Waals surface area contributed by atoms with Crippen LogP contribution in [0.1, 0.15) is 11.6 Å². The summed E-state index contributed by atoms with van der Waals surface area (Å²) >= 11 is 12.3. The first-order valence-electron chi connectivity index (χ1n) is 8.34. The van der Waals surface area contributed by atoms with Crippen molar-refractivity contribution in [2.24, 2.45) is 0 Å². The first-order chi connectivity index (χ1) is 14.1. The minimum atomic E-state index is 0.238. The molecule has 0 saturated carbocycles. The van der Waals surface area contributed by atoms with Crippen LogP contribution in [-0.4, -0.2) is 54.6 Å². The predicted molar refractivity (Wildman–Crippen MR) is 104 cm³/mol. The van der Waals surface area contributed by atoms with Crippen molar-refractivity contribution in [3.05, 3.63) is 58.1 Å². The molecular formula is C17H14Cl2N8O2. The summed E-state index contributed by atoms with van der Waals surface area (Å²) < 4.78 is 13.9. The van der Waals surface area contributed by atoms with Gasteiger partial charge in [0.1, 0.15) is 22.1 Å². The summed E-state index contributed by atoms with van der Waals surface area (Å²) in [6.07, 6.45) is 0.238. The molecular weight excluding hydrogens is 419 g/mol. The van der Waals surface area contributed by atoms with E-state index in [9.17, 15) is 0 Å². The predicted octanol–water partition coefficient (Wildman–Crippen LogP) is 2.55.